The smallest absolute Gasteiger partial charge is 0.323 e. The Kier molecular flexibility index (Phi) is 5.22. The zero-order chi connectivity index (χ0) is 12.1. The highest BCUT2D eigenvalue weighted by atomic mass is 16.5. The number of rotatable bonds is 5. The molecule has 0 amide bonds. The van der Waals surface area contributed by atoms with E-state index in [-0.39, 0.29) is 12.0 Å². The van der Waals surface area contributed by atoms with Crippen LogP contribution in [0.3, 0.4) is 0 Å². The molecule has 1 fully saturated rings. The van der Waals surface area contributed by atoms with Crippen molar-refractivity contribution < 1.29 is 14.6 Å². The molecule has 0 aliphatic carbocycles. The molecule has 2 atom stereocenters. The standard InChI is InChI=1S/C12H23NO3/c1-4-9(5-2)7-13-8-10(14)6-11(13)12(15)16-3/h9-11,14H,4-8H2,1-3H3. The summed E-state index contributed by atoms with van der Waals surface area (Å²) < 4.78 is 4.77. The largest absolute Gasteiger partial charge is 0.468 e. The van der Waals surface area contributed by atoms with E-state index in [1.165, 1.54) is 7.11 Å². The molecule has 1 aliphatic heterocycles. The predicted molar refractivity (Wildman–Crippen MR) is 62.1 cm³/mol. The average Bonchev–Trinajstić information content (AvgIpc) is 2.66. The molecular formula is C12H23NO3. The van der Waals surface area contributed by atoms with Crippen LogP contribution in [0.1, 0.15) is 33.1 Å². The molecule has 4 nitrogen and oxygen atoms in total. The second kappa shape index (κ2) is 6.21. The van der Waals surface area contributed by atoms with Gasteiger partial charge < -0.3 is 9.84 Å². The number of hydrogen-bond acceptors (Lipinski definition) is 4. The van der Waals surface area contributed by atoms with E-state index in [1.54, 1.807) is 0 Å². The maximum Gasteiger partial charge on any atom is 0.323 e. The Hall–Kier alpha value is -0.610. The van der Waals surface area contributed by atoms with Crippen LogP contribution < -0.4 is 0 Å². The number of likely N-dealkylation sites (tertiary alicyclic amines) is 1. The van der Waals surface area contributed by atoms with Gasteiger partial charge in [0, 0.05) is 19.5 Å². The van der Waals surface area contributed by atoms with Gasteiger partial charge in [0.15, 0.2) is 0 Å². The van der Waals surface area contributed by atoms with Crippen LogP contribution in [0.15, 0.2) is 0 Å². The van der Waals surface area contributed by atoms with Gasteiger partial charge in [-0.2, -0.15) is 0 Å². The summed E-state index contributed by atoms with van der Waals surface area (Å²) in [5, 5.41) is 9.62. The van der Waals surface area contributed by atoms with Gasteiger partial charge in [-0.1, -0.05) is 26.7 Å². The minimum atomic E-state index is -0.390. The van der Waals surface area contributed by atoms with Crippen LogP contribution in [0, 0.1) is 5.92 Å². The van der Waals surface area contributed by atoms with E-state index in [1.807, 2.05) is 0 Å². The molecule has 16 heavy (non-hydrogen) atoms. The Labute approximate surface area is 97.6 Å². The number of aliphatic hydroxyl groups is 1. The lowest BCUT2D eigenvalue weighted by Crippen LogP contribution is -2.39. The zero-order valence-electron chi connectivity index (χ0n) is 10.5. The van der Waals surface area contributed by atoms with Crippen molar-refractivity contribution in [2.75, 3.05) is 20.2 Å². The quantitative estimate of drug-likeness (QED) is 0.715. The van der Waals surface area contributed by atoms with E-state index in [0.717, 1.165) is 19.4 Å². The van der Waals surface area contributed by atoms with E-state index in [9.17, 15) is 9.90 Å². The van der Waals surface area contributed by atoms with E-state index in [2.05, 4.69) is 18.7 Å². The third kappa shape index (κ3) is 3.19. The van der Waals surface area contributed by atoms with Crippen LogP contribution in [0.2, 0.25) is 0 Å². The third-order valence-electron chi connectivity index (χ3n) is 3.50. The van der Waals surface area contributed by atoms with E-state index >= 15 is 0 Å². The molecule has 0 bridgehead atoms. The molecule has 0 radical (unpaired) electrons. The molecule has 0 aromatic rings. The molecule has 1 saturated heterocycles. The lowest BCUT2D eigenvalue weighted by molar-refractivity contribution is -0.146. The van der Waals surface area contributed by atoms with Crippen molar-refractivity contribution in [2.45, 2.75) is 45.3 Å². The molecule has 94 valence electrons. The van der Waals surface area contributed by atoms with Crippen molar-refractivity contribution in [2.24, 2.45) is 5.92 Å². The number of β-amino-alcohol motifs (C(OH)–C–C–N with tert-alkyl or cyclic N) is 1. The number of ether oxygens (including phenoxy) is 1. The lowest BCUT2D eigenvalue weighted by atomic mass is 10.0. The summed E-state index contributed by atoms with van der Waals surface area (Å²) in [4.78, 5) is 13.6. The van der Waals surface area contributed by atoms with Gasteiger partial charge in [0.05, 0.1) is 13.2 Å². The van der Waals surface area contributed by atoms with Crippen molar-refractivity contribution in [1.82, 2.24) is 4.90 Å². The van der Waals surface area contributed by atoms with E-state index in [0.29, 0.717) is 18.9 Å². The third-order valence-corrected chi connectivity index (χ3v) is 3.50. The molecule has 1 N–H and O–H groups in total. The van der Waals surface area contributed by atoms with Gasteiger partial charge in [0.1, 0.15) is 6.04 Å². The van der Waals surface area contributed by atoms with Crippen molar-refractivity contribution in [1.29, 1.82) is 0 Å². The maximum atomic E-state index is 11.6. The number of methoxy groups -OCH3 is 1. The van der Waals surface area contributed by atoms with Crippen LogP contribution in [-0.4, -0.2) is 48.3 Å². The average molecular weight is 229 g/mol. The van der Waals surface area contributed by atoms with Gasteiger partial charge in [-0.15, -0.1) is 0 Å². The Balaban J connectivity index is 2.58. The first kappa shape index (κ1) is 13.5. The monoisotopic (exact) mass is 229 g/mol. The molecule has 1 aliphatic rings. The molecule has 2 unspecified atom stereocenters. The Bertz CT molecular complexity index is 228. The number of esters is 1. The fraction of sp³-hybridized carbons (Fsp3) is 0.917. The topological polar surface area (TPSA) is 49.8 Å². The van der Waals surface area contributed by atoms with Crippen molar-refractivity contribution in [3.05, 3.63) is 0 Å². The Morgan fingerprint density at radius 2 is 2.12 bits per heavy atom. The molecule has 0 spiro atoms. The van der Waals surface area contributed by atoms with Gasteiger partial charge in [0.2, 0.25) is 0 Å². The van der Waals surface area contributed by atoms with Gasteiger partial charge in [0.25, 0.3) is 0 Å². The Morgan fingerprint density at radius 3 is 2.62 bits per heavy atom. The van der Waals surface area contributed by atoms with Crippen LogP contribution in [0.5, 0.6) is 0 Å². The SMILES string of the molecule is CCC(CC)CN1CC(O)CC1C(=O)OC. The number of nitrogens with zero attached hydrogens (tertiary/aromatic N) is 1. The second-order valence-electron chi connectivity index (χ2n) is 4.56. The number of hydrogen-bond donors (Lipinski definition) is 1. The summed E-state index contributed by atoms with van der Waals surface area (Å²) in [6.45, 7) is 5.79. The highest BCUT2D eigenvalue weighted by Crippen LogP contribution is 2.22. The van der Waals surface area contributed by atoms with Crippen LogP contribution in [-0.2, 0) is 9.53 Å². The summed E-state index contributed by atoms with van der Waals surface area (Å²) >= 11 is 0. The Morgan fingerprint density at radius 1 is 1.50 bits per heavy atom. The van der Waals surface area contributed by atoms with Crippen molar-refractivity contribution >= 4 is 5.97 Å². The van der Waals surface area contributed by atoms with Gasteiger partial charge in [-0.25, -0.2) is 0 Å². The number of aliphatic hydroxyl groups excluding tert-OH is 1. The molecular weight excluding hydrogens is 206 g/mol. The van der Waals surface area contributed by atoms with E-state index < -0.39 is 6.10 Å². The van der Waals surface area contributed by atoms with Crippen LogP contribution in [0.4, 0.5) is 0 Å². The number of carbonyl (C=O) groups is 1. The molecule has 0 saturated carbocycles. The fourth-order valence-corrected chi connectivity index (χ4v) is 2.34. The highest BCUT2D eigenvalue weighted by molar-refractivity contribution is 5.76. The minimum Gasteiger partial charge on any atom is -0.468 e. The summed E-state index contributed by atoms with van der Waals surface area (Å²) in [5.74, 6) is 0.375. The second-order valence-corrected chi connectivity index (χ2v) is 4.56. The molecule has 1 rings (SSSR count). The number of carbonyl (C=O) groups excluding carboxylic acids is 1. The summed E-state index contributed by atoms with van der Waals surface area (Å²) in [6, 6.07) is -0.249. The molecule has 1 heterocycles. The summed E-state index contributed by atoms with van der Waals surface area (Å²) in [7, 11) is 1.41. The first-order chi connectivity index (χ1) is 7.62. The molecule has 0 aromatic carbocycles. The maximum absolute atomic E-state index is 11.6. The zero-order valence-corrected chi connectivity index (χ0v) is 10.5. The first-order valence-electron chi connectivity index (χ1n) is 6.12. The van der Waals surface area contributed by atoms with Gasteiger partial charge in [-0.05, 0) is 5.92 Å². The summed E-state index contributed by atoms with van der Waals surface area (Å²) in [5.41, 5.74) is 0. The molecule has 4 heteroatoms. The first-order valence-corrected chi connectivity index (χ1v) is 6.12. The van der Waals surface area contributed by atoms with Crippen molar-refractivity contribution in [3.63, 3.8) is 0 Å². The van der Waals surface area contributed by atoms with Gasteiger partial charge >= 0.3 is 5.97 Å². The van der Waals surface area contributed by atoms with Crippen molar-refractivity contribution in [3.8, 4) is 0 Å². The van der Waals surface area contributed by atoms with E-state index in [4.69, 9.17) is 4.74 Å². The van der Waals surface area contributed by atoms with Gasteiger partial charge in [-0.3, -0.25) is 9.69 Å². The van der Waals surface area contributed by atoms with Crippen LogP contribution in [0.25, 0.3) is 0 Å². The summed E-state index contributed by atoms with van der Waals surface area (Å²) in [6.07, 6.45) is 2.33. The lowest BCUT2D eigenvalue weighted by Gasteiger charge is -2.26. The normalized spacial score (nSPS) is 26.3. The highest BCUT2D eigenvalue weighted by Gasteiger charge is 2.37. The van der Waals surface area contributed by atoms with Crippen LogP contribution >= 0.6 is 0 Å². The minimum absolute atomic E-state index is 0.220. The predicted octanol–water partition coefficient (Wildman–Crippen LogP) is 1.03. The molecule has 0 aromatic heterocycles. The fourth-order valence-electron chi connectivity index (χ4n) is 2.34.